The van der Waals surface area contributed by atoms with Gasteiger partial charge in [0.1, 0.15) is 5.82 Å². The van der Waals surface area contributed by atoms with Crippen molar-refractivity contribution in [3.05, 3.63) is 110 Å². The third-order valence-corrected chi connectivity index (χ3v) is 6.54. The summed E-state index contributed by atoms with van der Waals surface area (Å²) >= 11 is 18.3. The summed E-state index contributed by atoms with van der Waals surface area (Å²) in [6.45, 7) is 0.819. The van der Waals surface area contributed by atoms with Crippen LogP contribution in [0, 0.1) is 11.2 Å². The van der Waals surface area contributed by atoms with Crippen molar-refractivity contribution in [2.75, 3.05) is 0 Å². The van der Waals surface area contributed by atoms with Crippen molar-refractivity contribution in [1.29, 1.82) is 5.41 Å². The number of rotatable bonds is 8. The molecule has 1 unspecified atom stereocenters. The van der Waals surface area contributed by atoms with Gasteiger partial charge in [0.25, 0.3) is 0 Å². The predicted octanol–water partition coefficient (Wildman–Crippen LogP) is 5.35. The maximum atomic E-state index is 13.1. The summed E-state index contributed by atoms with van der Waals surface area (Å²) in [4.78, 5) is 0. The number of imidazole rings is 1. The Hall–Kier alpha value is -2.97. The van der Waals surface area contributed by atoms with Gasteiger partial charge in [0, 0.05) is 23.5 Å². The van der Waals surface area contributed by atoms with E-state index in [2.05, 4.69) is 5.32 Å². The molecule has 5 N–H and O–H groups in total. The van der Waals surface area contributed by atoms with Gasteiger partial charge < -0.3 is 25.3 Å². The number of aliphatic hydroxyl groups is 1. The van der Waals surface area contributed by atoms with Crippen LogP contribution in [0.2, 0.25) is 15.1 Å². The Balaban J connectivity index is 1.58. The van der Waals surface area contributed by atoms with E-state index in [1.807, 2.05) is 0 Å². The van der Waals surface area contributed by atoms with Crippen molar-refractivity contribution in [2.24, 2.45) is 5.73 Å². The molecule has 4 rings (SSSR count). The Morgan fingerprint density at radius 2 is 1.74 bits per heavy atom. The van der Waals surface area contributed by atoms with Gasteiger partial charge in [-0.15, -0.1) is 0 Å². The Kier molecular flexibility index (Phi) is 7.72. The van der Waals surface area contributed by atoms with Gasteiger partial charge >= 0.3 is 0 Å². The second-order valence-electron chi connectivity index (χ2n) is 8.07. The summed E-state index contributed by atoms with van der Waals surface area (Å²) in [5.74, 6) is -0.289. The van der Waals surface area contributed by atoms with Gasteiger partial charge in [-0.3, -0.25) is 5.41 Å². The number of nitrogens with two attached hydrogens (primary N) is 1. The van der Waals surface area contributed by atoms with Gasteiger partial charge in [0.2, 0.25) is 5.62 Å². The molecule has 182 valence electrons. The number of fused-ring (bicyclic) bond motifs is 1. The monoisotopic (exact) mass is 533 g/mol. The molecule has 0 fully saturated rings. The van der Waals surface area contributed by atoms with Crippen LogP contribution in [0.1, 0.15) is 17.2 Å². The van der Waals surface area contributed by atoms with E-state index in [4.69, 9.17) is 45.9 Å². The van der Waals surface area contributed by atoms with Crippen molar-refractivity contribution in [2.45, 2.75) is 25.7 Å². The van der Waals surface area contributed by atoms with Crippen molar-refractivity contribution >= 4 is 45.8 Å². The van der Waals surface area contributed by atoms with Crippen LogP contribution in [-0.4, -0.2) is 14.2 Å². The average Bonchev–Trinajstić information content (AvgIpc) is 3.07. The lowest BCUT2D eigenvalue weighted by Crippen LogP contribution is -2.28. The summed E-state index contributed by atoms with van der Waals surface area (Å²) in [5, 5.41) is 24.0. The van der Waals surface area contributed by atoms with E-state index < -0.39 is 6.10 Å². The first-order chi connectivity index (χ1) is 16.7. The molecule has 0 radical (unpaired) electrons. The molecule has 35 heavy (non-hydrogen) atoms. The van der Waals surface area contributed by atoms with E-state index in [1.165, 1.54) is 12.1 Å². The molecule has 1 atom stereocenters. The SMILES string of the molecule is N=c1n(C/C(N)=C/NCc2ccc(F)cc2)c2cc(Cl)ccc2n1CC(O)c1ccc(Cl)c(Cl)c1. The number of benzene rings is 3. The molecule has 6 nitrogen and oxygen atoms in total. The van der Waals surface area contributed by atoms with E-state index in [-0.39, 0.29) is 24.5 Å². The van der Waals surface area contributed by atoms with Gasteiger partial charge in [-0.25, -0.2) is 4.39 Å². The molecular weight excluding hydrogens is 512 g/mol. The zero-order valence-corrected chi connectivity index (χ0v) is 20.7. The van der Waals surface area contributed by atoms with Gasteiger partial charge in [-0.1, -0.05) is 53.0 Å². The number of aromatic nitrogens is 2. The lowest BCUT2D eigenvalue weighted by atomic mass is 10.1. The molecule has 0 spiro atoms. The molecule has 3 aromatic carbocycles. The highest BCUT2D eigenvalue weighted by atomic mass is 35.5. The van der Waals surface area contributed by atoms with Crippen LogP contribution in [-0.2, 0) is 19.6 Å². The number of aliphatic hydroxyl groups excluding tert-OH is 1. The smallest absolute Gasteiger partial charge is 0.203 e. The Labute approximate surface area is 216 Å². The molecule has 0 aliphatic carbocycles. The third-order valence-electron chi connectivity index (χ3n) is 5.56. The summed E-state index contributed by atoms with van der Waals surface area (Å²) in [6.07, 6.45) is 0.743. The number of hydrogen-bond acceptors (Lipinski definition) is 4. The van der Waals surface area contributed by atoms with Crippen molar-refractivity contribution in [1.82, 2.24) is 14.5 Å². The van der Waals surface area contributed by atoms with Crippen LogP contribution in [0.25, 0.3) is 11.0 Å². The first-order valence-electron chi connectivity index (χ1n) is 10.7. The summed E-state index contributed by atoms with van der Waals surface area (Å²) in [6, 6.07) is 16.4. The van der Waals surface area contributed by atoms with Crippen LogP contribution in [0.15, 0.2) is 72.6 Å². The first-order valence-corrected chi connectivity index (χ1v) is 11.8. The molecule has 0 amide bonds. The topological polar surface area (TPSA) is 92.0 Å². The van der Waals surface area contributed by atoms with E-state index in [9.17, 15) is 9.50 Å². The predicted molar refractivity (Wildman–Crippen MR) is 138 cm³/mol. The second kappa shape index (κ2) is 10.7. The highest BCUT2D eigenvalue weighted by molar-refractivity contribution is 6.42. The van der Waals surface area contributed by atoms with Gasteiger partial charge in [-0.05, 0) is 53.6 Å². The fourth-order valence-corrected chi connectivity index (χ4v) is 4.26. The minimum atomic E-state index is -0.918. The molecule has 4 aromatic rings. The number of allylic oxidation sites excluding steroid dienone is 1. The van der Waals surface area contributed by atoms with Crippen LogP contribution in [0.3, 0.4) is 0 Å². The van der Waals surface area contributed by atoms with E-state index in [0.29, 0.717) is 38.4 Å². The Bertz CT molecular complexity index is 1450. The fraction of sp³-hybridized carbons (Fsp3) is 0.160. The molecule has 1 heterocycles. The molecule has 0 saturated heterocycles. The molecule has 10 heteroatoms. The lowest BCUT2D eigenvalue weighted by molar-refractivity contribution is 0.155. The Morgan fingerprint density at radius 3 is 2.46 bits per heavy atom. The normalized spacial score (nSPS) is 12.8. The van der Waals surface area contributed by atoms with E-state index in [1.54, 1.807) is 63.9 Å². The highest BCUT2D eigenvalue weighted by Crippen LogP contribution is 2.27. The summed E-state index contributed by atoms with van der Waals surface area (Å²) in [5.41, 5.74) is 9.80. The Morgan fingerprint density at radius 1 is 1.00 bits per heavy atom. The number of nitrogens with one attached hydrogen (secondary N) is 2. The maximum Gasteiger partial charge on any atom is 0.203 e. The third kappa shape index (κ3) is 5.82. The van der Waals surface area contributed by atoms with Gasteiger partial charge in [-0.2, -0.15) is 0 Å². The standard InChI is InChI=1S/C25H23Cl3FN5O/c26-17-4-8-22-23(10-17)33(13-19(30)12-32-11-15-1-5-18(29)6-2-15)25(31)34(22)14-24(35)16-3-7-20(27)21(28)9-16/h1-10,12,24,31-32,35H,11,13-14,30H2/b19-12-,31-25?. The minimum absolute atomic E-state index is 0.119. The maximum absolute atomic E-state index is 13.1. The van der Waals surface area contributed by atoms with Crippen LogP contribution in [0.4, 0.5) is 4.39 Å². The van der Waals surface area contributed by atoms with E-state index >= 15 is 0 Å². The van der Waals surface area contributed by atoms with Crippen LogP contribution in [0.5, 0.6) is 0 Å². The van der Waals surface area contributed by atoms with E-state index in [0.717, 1.165) is 11.1 Å². The summed E-state index contributed by atoms with van der Waals surface area (Å²) < 4.78 is 16.5. The number of nitrogens with zero attached hydrogens (tertiary/aromatic N) is 2. The number of hydrogen-bond donors (Lipinski definition) is 4. The van der Waals surface area contributed by atoms with Gasteiger partial charge in [0.05, 0.1) is 40.3 Å². The summed E-state index contributed by atoms with van der Waals surface area (Å²) in [7, 11) is 0. The average molecular weight is 535 g/mol. The van der Waals surface area contributed by atoms with Crippen LogP contribution >= 0.6 is 34.8 Å². The van der Waals surface area contributed by atoms with Crippen molar-refractivity contribution < 1.29 is 9.50 Å². The fourth-order valence-electron chi connectivity index (χ4n) is 3.79. The lowest BCUT2D eigenvalue weighted by Gasteiger charge is -2.13. The van der Waals surface area contributed by atoms with Crippen molar-refractivity contribution in [3.8, 4) is 0 Å². The molecule has 0 aliphatic rings. The largest absolute Gasteiger partial charge is 0.399 e. The molecule has 0 aliphatic heterocycles. The zero-order valence-electron chi connectivity index (χ0n) is 18.5. The molecule has 0 bridgehead atoms. The van der Waals surface area contributed by atoms with Crippen LogP contribution < -0.4 is 16.7 Å². The first kappa shape index (κ1) is 25.1. The second-order valence-corrected chi connectivity index (χ2v) is 9.32. The van der Waals surface area contributed by atoms with Crippen molar-refractivity contribution in [3.63, 3.8) is 0 Å². The highest BCUT2D eigenvalue weighted by Gasteiger charge is 2.17. The quantitative estimate of drug-likeness (QED) is 0.246. The molecule has 0 saturated carbocycles. The van der Waals surface area contributed by atoms with Gasteiger partial charge in [0.15, 0.2) is 0 Å². The molecule has 1 aromatic heterocycles. The zero-order chi connectivity index (χ0) is 25.1. The number of halogens is 4. The minimum Gasteiger partial charge on any atom is -0.399 e. The molecular formula is C25H23Cl3FN5O.